The molecule has 116 valence electrons. The molecule has 4 heteroatoms. The Morgan fingerprint density at radius 2 is 2.00 bits per heavy atom. The summed E-state index contributed by atoms with van der Waals surface area (Å²) in [5.41, 5.74) is -0.122. The van der Waals surface area contributed by atoms with Gasteiger partial charge in [-0.25, -0.2) is 0 Å². The second kappa shape index (κ2) is 4.99. The van der Waals surface area contributed by atoms with E-state index in [1.807, 2.05) is 13.8 Å². The topological polar surface area (TPSA) is 69.6 Å². The highest BCUT2D eigenvalue weighted by Gasteiger charge is 2.66. The van der Waals surface area contributed by atoms with Gasteiger partial charge in [-0.05, 0) is 30.1 Å². The average molecular weight is 283 g/mol. The van der Waals surface area contributed by atoms with E-state index in [4.69, 9.17) is 0 Å². The maximum absolute atomic E-state index is 12.2. The molecule has 2 saturated carbocycles. The van der Waals surface area contributed by atoms with Crippen LogP contribution in [-0.4, -0.2) is 34.4 Å². The van der Waals surface area contributed by atoms with Gasteiger partial charge in [-0.1, -0.05) is 41.0 Å². The van der Waals surface area contributed by atoms with Crippen LogP contribution in [0.5, 0.6) is 0 Å². The fourth-order valence-corrected chi connectivity index (χ4v) is 4.25. The molecule has 20 heavy (non-hydrogen) atoms. The third-order valence-electron chi connectivity index (χ3n) is 6.56. The Bertz CT molecular complexity index is 395. The van der Waals surface area contributed by atoms with Crippen molar-refractivity contribution >= 4 is 5.91 Å². The first-order chi connectivity index (χ1) is 9.16. The van der Waals surface area contributed by atoms with Crippen LogP contribution in [0.4, 0.5) is 0 Å². The Hall–Kier alpha value is -0.610. The minimum Gasteiger partial charge on any atom is -0.390 e. The Labute approximate surface area is 122 Å². The summed E-state index contributed by atoms with van der Waals surface area (Å²) in [6.07, 6.45) is 1.29. The van der Waals surface area contributed by atoms with E-state index in [0.29, 0.717) is 0 Å². The average Bonchev–Trinajstić information content (AvgIpc) is 2.71. The number of fused-ring (bicyclic) bond motifs is 2. The molecule has 2 aliphatic carbocycles. The van der Waals surface area contributed by atoms with Crippen LogP contribution in [0.25, 0.3) is 0 Å². The maximum Gasteiger partial charge on any atom is 0.249 e. The molecular formula is C16H29NO3. The molecule has 2 bridgehead atoms. The molecule has 0 unspecified atom stereocenters. The highest BCUT2D eigenvalue weighted by atomic mass is 16.3. The quantitative estimate of drug-likeness (QED) is 0.735. The lowest BCUT2D eigenvalue weighted by Crippen LogP contribution is -2.52. The van der Waals surface area contributed by atoms with Gasteiger partial charge >= 0.3 is 0 Å². The molecule has 2 rings (SSSR count). The molecule has 0 saturated heterocycles. The first-order valence-corrected chi connectivity index (χ1v) is 7.83. The number of hydrogen-bond donors (Lipinski definition) is 3. The number of carbonyl (C=O) groups is 1. The van der Waals surface area contributed by atoms with Gasteiger partial charge in [-0.2, -0.15) is 0 Å². The van der Waals surface area contributed by atoms with Gasteiger partial charge in [0.15, 0.2) is 0 Å². The van der Waals surface area contributed by atoms with Crippen LogP contribution in [0.15, 0.2) is 0 Å². The predicted octanol–water partition coefficient (Wildman–Crippen LogP) is 1.70. The number of amides is 1. The minimum atomic E-state index is -0.984. The normalized spacial score (nSPS) is 41.5. The Kier molecular flexibility index (Phi) is 3.93. The summed E-state index contributed by atoms with van der Waals surface area (Å²) in [6, 6.07) is -0.227. The monoisotopic (exact) mass is 283 g/mol. The predicted molar refractivity (Wildman–Crippen MR) is 78.0 cm³/mol. The van der Waals surface area contributed by atoms with Crippen LogP contribution in [0.2, 0.25) is 0 Å². The Morgan fingerprint density at radius 3 is 2.45 bits per heavy atom. The zero-order chi connectivity index (χ0) is 15.3. The summed E-state index contributed by atoms with van der Waals surface area (Å²) < 4.78 is 0. The summed E-state index contributed by atoms with van der Waals surface area (Å²) in [6.45, 7) is 10.3. The molecule has 2 fully saturated rings. The standard InChI is InChI=1S/C16H29NO3/c1-6-9(2)12(18)14(20)17-11-10-7-8-16(5,13(11)19)15(10,3)4/h9-13,18-19H,6-8H2,1-5H3,(H,17,20)/t9-,10+,11+,12-,13+,16-/m0/s1. The van der Waals surface area contributed by atoms with Gasteiger partial charge in [-0.3, -0.25) is 4.79 Å². The van der Waals surface area contributed by atoms with Crippen LogP contribution >= 0.6 is 0 Å². The van der Waals surface area contributed by atoms with E-state index in [2.05, 4.69) is 26.1 Å². The first-order valence-electron chi connectivity index (χ1n) is 7.83. The van der Waals surface area contributed by atoms with Gasteiger partial charge in [-0.15, -0.1) is 0 Å². The van der Waals surface area contributed by atoms with E-state index in [-0.39, 0.29) is 34.6 Å². The van der Waals surface area contributed by atoms with E-state index in [0.717, 1.165) is 19.3 Å². The molecule has 2 aliphatic rings. The summed E-state index contributed by atoms with van der Waals surface area (Å²) in [5, 5.41) is 23.5. The molecular weight excluding hydrogens is 254 g/mol. The number of hydrogen-bond acceptors (Lipinski definition) is 3. The van der Waals surface area contributed by atoms with E-state index in [1.165, 1.54) is 0 Å². The zero-order valence-electron chi connectivity index (χ0n) is 13.3. The lowest BCUT2D eigenvalue weighted by atomic mass is 9.70. The zero-order valence-corrected chi connectivity index (χ0v) is 13.3. The van der Waals surface area contributed by atoms with E-state index in [1.54, 1.807) is 0 Å². The SMILES string of the molecule is CC[C@H](C)[C@H](O)C(=O)N[C@@H]1[C@H]2CC[C@@](C)([C@@H]1O)C2(C)C. The molecule has 0 heterocycles. The van der Waals surface area contributed by atoms with Gasteiger partial charge in [0.2, 0.25) is 5.91 Å². The smallest absolute Gasteiger partial charge is 0.249 e. The molecule has 6 atom stereocenters. The molecule has 3 N–H and O–H groups in total. The molecule has 4 nitrogen and oxygen atoms in total. The van der Waals surface area contributed by atoms with Crippen molar-refractivity contribution in [3.8, 4) is 0 Å². The number of nitrogens with one attached hydrogen (secondary N) is 1. The highest BCUT2D eigenvalue weighted by Crippen LogP contribution is 2.65. The maximum atomic E-state index is 12.2. The van der Waals surface area contributed by atoms with Crippen molar-refractivity contribution in [1.82, 2.24) is 5.32 Å². The van der Waals surface area contributed by atoms with Crippen LogP contribution in [0, 0.1) is 22.7 Å². The minimum absolute atomic E-state index is 0.0195. The number of aliphatic hydroxyl groups is 2. The Morgan fingerprint density at radius 1 is 1.40 bits per heavy atom. The second-order valence-electron chi connectivity index (χ2n) is 7.59. The summed E-state index contributed by atoms with van der Waals surface area (Å²) in [7, 11) is 0. The lowest BCUT2D eigenvalue weighted by molar-refractivity contribution is -0.134. The van der Waals surface area contributed by atoms with E-state index in [9.17, 15) is 15.0 Å². The summed E-state index contributed by atoms with van der Waals surface area (Å²) in [4.78, 5) is 12.2. The molecule has 0 radical (unpaired) electrons. The van der Waals surface area contributed by atoms with E-state index >= 15 is 0 Å². The molecule has 0 aliphatic heterocycles. The second-order valence-corrected chi connectivity index (χ2v) is 7.59. The Balaban J connectivity index is 2.11. The lowest BCUT2D eigenvalue weighted by Gasteiger charge is -2.37. The molecule has 0 aromatic carbocycles. The largest absolute Gasteiger partial charge is 0.390 e. The molecule has 1 amide bonds. The van der Waals surface area contributed by atoms with Crippen LogP contribution in [0.3, 0.4) is 0 Å². The highest BCUT2D eigenvalue weighted by molar-refractivity contribution is 5.81. The van der Waals surface area contributed by atoms with Gasteiger partial charge in [0.05, 0.1) is 12.1 Å². The van der Waals surface area contributed by atoms with Crippen molar-refractivity contribution in [3.05, 3.63) is 0 Å². The molecule has 0 spiro atoms. The fraction of sp³-hybridized carbons (Fsp3) is 0.938. The van der Waals surface area contributed by atoms with Crippen molar-refractivity contribution < 1.29 is 15.0 Å². The third kappa shape index (κ3) is 2.00. The van der Waals surface area contributed by atoms with Crippen LogP contribution < -0.4 is 5.32 Å². The number of carbonyl (C=O) groups excluding carboxylic acids is 1. The number of rotatable bonds is 4. The number of aliphatic hydroxyl groups excluding tert-OH is 2. The van der Waals surface area contributed by atoms with Gasteiger partial charge in [0.25, 0.3) is 0 Å². The fourth-order valence-electron chi connectivity index (χ4n) is 4.25. The van der Waals surface area contributed by atoms with Crippen molar-refractivity contribution in [2.75, 3.05) is 0 Å². The molecule has 0 aromatic rings. The van der Waals surface area contributed by atoms with Crippen molar-refractivity contribution in [2.24, 2.45) is 22.7 Å². The van der Waals surface area contributed by atoms with E-state index < -0.39 is 12.2 Å². The van der Waals surface area contributed by atoms with Gasteiger partial charge < -0.3 is 15.5 Å². The van der Waals surface area contributed by atoms with Crippen LogP contribution in [-0.2, 0) is 4.79 Å². The summed E-state index contributed by atoms with van der Waals surface area (Å²) in [5.74, 6) is -0.111. The van der Waals surface area contributed by atoms with Gasteiger partial charge in [0, 0.05) is 5.41 Å². The van der Waals surface area contributed by atoms with Crippen molar-refractivity contribution in [3.63, 3.8) is 0 Å². The first kappa shape index (κ1) is 15.8. The third-order valence-corrected chi connectivity index (χ3v) is 6.56. The summed E-state index contributed by atoms with van der Waals surface area (Å²) >= 11 is 0. The van der Waals surface area contributed by atoms with Crippen LogP contribution in [0.1, 0.15) is 53.9 Å². The van der Waals surface area contributed by atoms with Crippen molar-refractivity contribution in [2.45, 2.75) is 72.1 Å². The van der Waals surface area contributed by atoms with Crippen molar-refractivity contribution in [1.29, 1.82) is 0 Å². The molecule has 0 aromatic heterocycles. The van der Waals surface area contributed by atoms with Gasteiger partial charge in [0.1, 0.15) is 6.10 Å².